The van der Waals surface area contributed by atoms with Crippen molar-refractivity contribution in [1.29, 1.82) is 0 Å². The standard InChI is InChI=1S/C30H30ClN3O7/c1-38-26-11-8-20-14-27(26)39-17-28(35)32-15-19-6-9-21(10-7-19)41-25-12-13-34(16-23(25)33-30(20)37)29(36)18-40-24-5-3-2-4-22(24)31/h2-11,14,23,25H,12-13,15-18H2,1H3,(H,32,35)(H,33,37)/t23-,25+/m0/s1. The molecule has 3 aliphatic heterocycles. The Morgan fingerprint density at radius 1 is 1.07 bits per heavy atom. The van der Waals surface area contributed by atoms with E-state index in [9.17, 15) is 14.4 Å². The Bertz CT molecular complexity index is 1420. The number of amides is 3. The van der Waals surface area contributed by atoms with Crippen molar-refractivity contribution in [1.82, 2.24) is 15.5 Å². The predicted octanol–water partition coefficient (Wildman–Crippen LogP) is 3.21. The highest BCUT2D eigenvalue weighted by Gasteiger charge is 2.34. The monoisotopic (exact) mass is 579 g/mol. The molecule has 0 radical (unpaired) electrons. The number of hydrogen-bond acceptors (Lipinski definition) is 7. The Hall–Kier alpha value is -4.44. The number of rotatable bonds is 4. The van der Waals surface area contributed by atoms with E-state index in [2.05, 4.69) is 10.6 Å². The van der Waals surface area contributed by atoms with E-state index < -0.39 is 12.1 Å². The first kappa shape index (κ1) is 28.1. The summed E-state index contributed by atoms with van der Waals surface area (Å²) < 4.78 is 23.0. The second-order valence-corrected chi connectivity index (χ2v) is 10.1. The average molecular weight is 580 g/mol. The van der Waals surface area contributed by atoms with Gasteiger partial charge in [-0.1, -0.05) is 35.9 Å². The number of nitrogens with zero attached hydrogens (tertiary/aromatic N) is 1. The van der Waals surface area contributed by atoms with Crippen LogP contribution in [0.1, 0.15) is 22.3 Å². The van der Waals surface area contributed by atoms with E-state index in [0.717, 1.165) is 5.56 Å². The molecule has 0 aromatic heterocycles. The molecule has 3 aliphatic rings. The molecule has 0 aliphatic carbocycles. The zero-order chi connectivity index (χ0) is 28.8. The summed E-state index contributed by atoms with van der Waals surface area (Å²) in [5.41, 5.74) is 1.19. The van der Waals surface area contributed by atoms with Crippen LogP contribution in [0.3, 0.4) is 0 Å². The Balaban J connectivity index is 1.37. The molecule has 214 valence electrons. The van der Waals surface area contributed by atoms with Gasteiger partial charge in [0.15, 0.2) is 24.7 Å². The number of benzene rings is 3. The number of methoxy groups -OCH3 is 1. The molecule has 6 rings (SSSR count). The largest absolute Gasteiger partial charge is 0.493 e. The number of likely N-dealkylation sites (tertiary alicyclic amines) is 1. The van der Waals surface area contributed by atoms with Crippen molar-refractivity contribution in [2.45, 2.75) is 25.1 Å². The molecule has 2 N–H and O–H groups in total. The minimum absolute atomic E-state index is 0.191. The van der Waals surface area contributed by atoms with Gasteiger partial charge in [-0.05, 0) is 48.0 Å². The van der Waals surface area contributed by atoms with Gasteiger partial charge in [0.2, 0.25) is 0 Å². The summed E-state index contributed by atoms with van der Waals surface area (Å²) in [6, 6.07) is 18.5. The molecule has 0 saturated carbocycles. The maximum atomic E-state index is 13.4. The topological polar surface area (TPSA) is 115 Å². The molecular weight excluding hydrogens is 550 g/mol. The van der Waals surface area contributed by atoms with Gasteiger partial charge in [-0.3, -0.25) is 14.4 Å². The third-order valence-electron chi connectivity index (χ3n) is 6.89. The summed E-state index contributed by atoms with van der Waals surface area (Å²) in [4.78, 5) is 40.5. The number of ether oxygens (including phenoxy) is 4. The van der Waals surface area contributed by atoms with Crippen LogP contribution in [0.5, 0.6) is 23.0 Å². The highest BCUT2D eigenvalue weighted by molar-refractivity contribution is 6.32. The van der Waals surface area contributed by atoms with E-state index in [1.165, 1.54) is 13.2 Å². The maximum absolute atomic E-state index is 13.4. The van der Waals surface area contributed by atoms with Crippen LogP contribution in [0.25, 0.3) is 0 Å². The van der Waals surface area contributed by atoms with Crippen LogP contribution in [0.15, 0.2) is 66.7 Å². The summed E-state index contributed by atoms with van der Waals surface area (Å²) in [7, 11) is 1.48. The van der Waals surface area contributed by atoms with E-state index in [1.807, 2.05) is 24.3 Å². The summed E-state index contributed by atoms with van der Waals surface area (Å²) >= 11 is 6.16. The number of carbonyl (C=O) groups excluding carboxylic acids is 3. The molecule has 3 amide bonds. The molecular formula is C30H30ClN3O7. The highest BCUT2D eigenvalue weighted by Crippen LogP contribution is 2.29. The number of halogens is 1. The van der Waals surface area contributed by atoms with Crippen LogP contribution in [0.2, 0.25) is 5.02 Å². The van der Waals surface area contributed by atoms with Crippen molar-refractivity contribution in [3.05, 3.63) is 82.9 Å². The van der Waals surface area contributed by atoms with Crippen LogP contribution >= 0.6 is 11.6 Å². The third kappa shape index (κ3) is 7.01. The number of hydrogen-bond donors (Lipinski definition) is 2. The lowest BCUT2D eigenvalue weighted by Crippen LogP contribution is -2.58. The molecule has 0 unspecified atom stereocenters. The van der Waals surface area contributed by atoms with Crippen molar-refractivity contribution in [3.8, 4) is 23.0 Å². The Kier molecular flexibility index (Phi) is 8.79. The van der Waals surface area contributed by atoms with E-state index in [4.69, 9.17) is 30.5 Å². The Morgan fingerprint density at radius 2 is 1.88 bits per heavy atom. The molecule has 3 heterocycles. The second kappa shape index (κ2) is 12.8. The molecule has 11 heteroatoms. The van der Waals surface area contributed by atoms with Crippen molar-refractivity contribution in [2.75, 3.05) is 33.4 Å². The van der Waals surface area contributed by atoms with Gasteiger partial charge in [0, 0.05) is 31.6 Å². The van der Waals surface area contributed by atoms with Crippen molar-refractivity contribution in [3.63, 3.8) is 0 Å². The van der Waals surface area contributed by atoms with E-state index in [1.54, 1.807) is 41.3 Å². The number of nitrogens with one attached hydrogen (secondary N) is 2. The number of carbonyl (C=O) groups is 3. The van der Waals surface area contributed by atoms with E-state index in [0.29, 0.717) is 47.3 Å². The van der Waals surface area contributed by atoms with Crippen LogP contribution < -0.4 is 29.6 Å². The summed E-state index contributed by atoms with van der Waals surface area (Å²) in [5.74, 6) is 0.744. The van der Waals surface area contributed by atoms with Gasteiger partial charge in [0.25, 0.3) is 17.7 Å². The molecule has 41 heavy (non-hydrogen) atoms. The minimum atomic E-state index is -0.523. The molecule has 4 bridgehead atoms. The quantitative estimate of drug-likeness (QED) is 0.488. The van der Waals surface area contributed by atoms with Crippen molar-refractivity contribution >= 4 is 29.3 Å². The molecule has 10 nitrogen and oxygen atoms in total. The molecule has 2 atom stereocenters. The molecule has 1 fully saturated rings. The fraction of sp³-hybridized carbons (Fsp3) is 0.300. The molecule has 3 aromatic carbocycles. The Labute approximate surface area is 242 Å². The van der Waals surface area contributed by atoms with Gasteiger partial charge in [-0.15, -0.1) is 0 Å². The van der Waals surface area contributed by atoms with Crippen LogP contribution in [-0.4, -0.2) is 68.2 Å². The van der Waals surface area contributed by atoms with Crippen LogP contribution in [0, 0.1) is 0 Å². The van der Waals surface area contributed by atoms with Gasteiger partial charge in [0.1, 0.15) is 17.6 Å². The van der Waals surface area contributed by atoms with Gasteiger partial charge in [-0.25, -0.2) is 0 Å². The molecule has 1 saturated heterocycles. The fourth-order valence-corrected chi connectivity index (χ4v) is 4.86. The van der Waals surface area contributed by atoms with Crippen molar-refractivity contribution in [2.24, 2.45) is 0 Å². The van der Waals surface area contributed by atoms with E-state index >= 15 is 0 Å². The lowest BCUT2D eigenvalue weighted by molar-refractivity contribution is -0.135. The molecule has 3 aromatic rings. The zero-order valence-corrected chi connectivity index (χ0v) is 23.2. The lowest BCUT2D eigenvalue weighted by atomic mass is 10.0. The minimum Gasteiger partial charge on any atom is -0.493 e. The lowest BCUT2D eigenvalue weighted by Gasteiger charge is -2.38. The first-order valence-electron chi connectivity index (χ1n) is 13.2. The van der Waals surface area contributed by atoms with E-state index in [-0.39, 0.29) is 43.2 Å². The number of para-hydroxylation sites is 1. The first-order chi connectivity index (χ1) is 19.9. The smallest absolute Gasteiger partial charge is 0.260 e. The SMILES string of the molecule is COc1ccc2cc1OCC(=O)NCc1ccc(cc1)O[C@@H]1CCN(C(=O)COc3ccccc3Cl)C[C@@H]1NC2=O. The highest BCUT2D eigenvalue weighted by atomic mass is 35.5. The second-order valence-electron chi connectivity index (χ2n) is 9.66. The van der Waals surface area contributed by atoms with Crippen LogP contribution in [0.4, 0.5) is 0 Å². The Morgan fingerprint density at radius 3 is 2.66 bits per heavy atom. The van der Waals surface area contributed by atoms with Gasteiger partial charge in [-0.2, -0.15) is 0 Å². The third-order valence-corrected chi connectivity index (χ3v) is 7.20. The fourth-order valence-electron chi connectivity index (χ4n) is 4.67. The summed E-state index contributed by atoms with van der Waals surface area (Å²) in [6.07, 6.45) is 0.0834. The van der Waals surface area contributed by atoms with Gasteiger partial charge < -0.3 is 34.5 Å². The average Bonchev–Trinajstić information content (AvgIpc) is 2.99. The van der Waals surface area contributed by atoms with Gasteiger partial charge in [0.05, 0.1) is 18.2 Å². The summed E-state index contributed by atoms with van der Waals surface area (Å²) in [6.45, 7) is 0.520. The molecule has 0 spiro atoms. The van der Waals surface area contributed by atoms with Crippen molar-refractivity contribution < 1.29 is 33.3 Å². The zero-order valence-electron chi connectivity index (χ0n) is 22.4. The first-order valence-corrected chi connectivity index (χ1v) is 13.6. The number of piperidine rings is 1. The maximum Gasteiger partial charge on any atom is 0.260 e. The van der Waals surface area contributed by atoms with Gasteiger partial charge >= 0.3 is 0 Å². The van der Waals surface area contributed by atoms with Crippen LogP contribution in [-0.2, 0) is 16.1 Å². The normalized spacial score (nSPS) is 19.0. The summed E-state index contributed by atoms with van der Waals surface area (Å²) in [5, 5.41) is 6.26. The predicted molar refractivity (Wildman–Crippen MR) is 151 cm³/mol. The number of fused-ring (bicyclic) bond motifs is 7.